The lowest BCUT2D eigenvalue weighted by molar-refractivity contribution is 0.0980. The summed E-state index contributed by atoms with van der Waals surface area (Å²) in [6.45, 7) is 2.18. The zero-order valence-corrected chi connectivity index (χ0v) is 12.3. The number of hydrogen-bond acceptors (Lipinski definition) is 2. The topological polar surface area (TPSA) is 26.3 Å². The molecule has 0 N–H and O–H groups in total. The van der Waals surface area contributed by atoms with Gasteiger partial charge < -0.3 is 4.74 Å². The molecule has 0 amide bonds. The number of unbranched alkanes of at least 4 members (excludes halogenated alkanes) is 3. The van der Waals surface area contributed by atoms with Crippen molar-refractivity contribution in [2.45, 2.75) is 39.0 Å². The number of methoxy groups -OCH3 is 1. The first-order valence-corrected chi connectivity index (χ1v) is 7.37. The van der Waals surface area contributed by atoms with Crippen LogP contribution in [-0.2, 0) is 0 Å². The van der Waals surface area contributed by atoms with Crippen molar-refractivity contribution >= 4 is 16.6 Å². The van der Waals surface area contributed by atoms with Crippen LogP contribution in [-0.4, -0.2) is 12.9 Å². The Bertz CT molecular complexity index is 587. The average Bonchev–Trinajstić information content (AvgIpc) is 2.50. The molecule has 0 saturated heterocycles. The Balaban J connectivity index is 2.24. The van der Waals surface area contributed by atoms with Crippen molar-refractivity contribution in [3.8, 4) is 5.75 Å². The van der Waals surface area contributed by atoms with Gasteiger partial charge in [0.2, 0.25) is 0 Å². The highest BCUT2D eigenvalue weighted by atomic mass is 16.5. The molecule has 0 aromatic heterocycles. The second-order valence-electron chi connectivity index (χ2n) is 5.09. The lowest BCUT2D eigenvalue weighted by atomic mass is 9.97. The Morgan fingerprint density at radius 2 is 1.75 bits per heavy atom. The molecule has 0 atom stereocenters. The Morgan fingerprint density at radius 3 is 2.45 bits per heavy atom. The number of ether oxygens (including phenoxy) is 1. The van der Waals surface area contributed by atoms with E-state index in [0.717, 1.165) is 34.9 Å². The molecule has 0 saturated carbocycles. The smallest absolute Gasteiger partial charge is 0.163 e. The van der Waals surface area contributed by atoms with E-state index in [9.17, 15) is 4.79 Å². The van der Waals surface area contributed by atoms with Gasteiger partial charge in [-0.05, 0) is 23.9 Å². The summed E-state index contributed by atoms with van der Waals surface area (Å²) in [6, 6.07) is 11.7. The predicted octanol–water partition coefficient (Wildman–Crippen LogP) is 5.00. The molecule has 2 aromatic rings. The highest BCUT2D eigenvalue weighted by molar-refractivity contribution is 6.09. The van der Waals surface area contributed by atoms with Crippen molar-refractivity contribution in [1.82, 2.24) is 0 Å². The Labute approximate surface area is 120 Å². The van der Waals surface area contributed by atoms with Crippen molar-refractivity contribution in [2.75, 3.05) is 7.11 Å². The van der Waals surface area contributed by atoms with E-state index in [-0.39, 0.29) is 5.78 Å². The quantitative estimate of drug-likeness (QED) is 0.522. The maximum atomic E-state index is 12.4. The average molecular weight is 270 g/mol. The van der Waals surface area contributed by atoms with Gasteiger partial charge in [0.25, 0.3) is 0 Å². The van der Waals surface area contributed by atoms with Crippen LogP contribution in [0, 0.1) is 0 Å². The number of rotatable bonds is 7. The van der Waals surface area contributed by atoms with Crippen LogP contribution in [0.3, 0.4) is 0 Å². The first kappa shape index (κ1) is 14.6. The zero-order valence-electron chi connectivity index (χ0n) is 12.3. The minimum absolute atomic E-state index is 0.236. The van der Waals surface area contributed by atoms with E-state index in [1.54, 1.807) is 7.11 Å². The number of benzene rings is 2. The summed E-state index contributed by atoms with van der Waals surface area (Å²) in [5.41, 5.74) is 0.817. The van der Waals surface area contributed by atoms with Gasteiger partial charge in [-0.3, -0.25) is 4.79 Å². The molecule has 2 heteroatoms. The molecular weight excluding hydrogens is 248 g/mol. The Hall–Kier alpha value is -1.83. The van der Waals surface area contributed by atoms with Crippen LogP contribution in [0.5, 0.6) is 5.75 Å². The van der Waals surface area contributed by atoms with Gasteiger partial charge in [-0.2, -0.15) is 0 Å². The fourth-order valence-electron chi connectivity index (χ4n) is 2.54. The maximum absolute atomic E-state index is 12.4. The van der Waals surface area contributed by atoms with Crippen LogP contribution in [0.2, 0.25) is 0 Å². The van der Waals surface area contributed by atoms with Gasteiger partial charge in [-0.1, -0.05) is 50.5 Å². The first-order valence-electron chi connectivity index (χ1n) is 7.37. The summed E-state index contributed by atoms with van der Waals surface area (Å²) >= 11 is 0. The minimum Gasteiger partial charge on any atom is -0.496 e. The number of carbonyl (C=O) groups excluding carboxylic acids is 1. The summed E-state index contributed by atoms with van der Waals surface area (Å²) in [4.78, 5) is 12.4. The molecule has 0 aliphatic carbocycles. The van der Waals surface area contributed by atoms with Gasteiger partial charge >= 0.3 is 0 Å². The summed E-state index contributed by atoms with van der Waals surface area (Å²) in [5, 5.41) is 2.00. The fraction of sp³-hybridized carbons (Fsp3) is 0.389. The second kappa shape index (κ2) is 7.09. The summed E-state index contributed by atoms with van der Waals surface area (Å²) in [6.07, 6.45) is 5.15. The van der Waals surface area contributed by atoms with Gasteiger partial charge in [-0.15, -0.1) is 0 Å². The number of hydrogen-bond donors (Lipinski definition) is 0. The molecule has 0 aliphatic heterocycles. The molecule has 0 radical (unpaired) electrons. The van der Waals surface area contributed by atoms with Gasteiger partial charge in [-0.25, -0.2) is 0 Å². The first-order chi connectivity index (χ1) is 9.77. The zero-order chi connectivity index (χ0) is 14.4. The standard InChI is InChI=1S/C18H22O2/c1-3-4-5-6-11-17(19)15-12-13-18(20-2)16-10-8-7-9-14(15)16/h7-10,12-13H,3-6,11H2,1-2H3. The molecule has 0 spiro atoms. The lowest BCUT2D eigenvalue weighted by Gasteiger charge is -2.09. The molecule has 0 aliphatic rings. The van der Waals surface area contributed by atoms with Gasteiger partial charge in [0, 0.05) is 17.4 Å². The number of fused-ring (bicyclic) bond motifs is 1. The molecule has 0 bridgehead atoms. The van der Waals surface area contributed by atoms with Crippen molar-refractivity contribution in [3.05, 3.63) is 42.0 Å². The van der Waals surface area contributed by atoms with Gasteiger partial charge in [0.05, 0.1) is 7.11 Å². The number of Topliss-reactive ketones (excluding diaryl/α,β-unsaturated/α-hetero) is 1. The van der Waals surface area contributed by atoms with E-state index >= 15 is 0 Å². The molecule has 0 unspecified atom stereocenters. The SMILES string of the molecule is CCCCCCC(=O)c1ccc(OC)c2ccccc12. The normalized spacial score (nSPS) is 10.7. The van der Waals surface area contributed by atoms with Gasteiger partial charge in [0.1, 0.15) is 5.75 Å². The highest BCUT2D eigenvalue weighted by Crippen LogP contribution is 2.29. The van der Waals surface area contributed by atoms with Gasteiger partial charge in [0.15, 0.2) is 5.78 Å². The van der Waals surface area contributed by atoms with E-state index < -0.39 is 0 Å². The maximum Gasteiger partial charge on any atom is 0.163 e. The lowest BCUT2D eigenvalue weighted by Crippen LogP contribution is -2.01. The monoisotopic (exact) mass is 270 g/mol. The van der Waals surface area contributed by atoms with E-state index in [1.807, 2.05) is 36.4 Å². The number of carbonyl (C=O) groups is 1. The predicted molar refractivity (Wildman–Crippen MR) is 83.6 cm³/mol. The van der Waals surface area contributed by atoms with Crippen LogP contribution in [0.15, 0.2) is 36.4 Å². The minimum atomic E-state index is 0.236. The van der Waals surface area contributed by atoms with Crippen LogP contribution >= 0.6 is 0 Å². The van der Waals surface area contributed by atoms with E-state index in [4.69, 9.17) is 4.74 Å². The third-order valence-corrected chi connectivity index (χ3v) is 3.66. The molecule has 0 fully saturated rings. The molecule has 106 valence electrons. The van der Waals surface area contributed by atoms with Crippen molar-refractivity contribution < 1.29 is 9.53 Å². The summed E-state index contributed by atoms with van der Waals surface area (Å²) < 4.78 is 5.36. The number of ketones is 1. The van der Waals surface area contributed by atoms with E-state index in [0.29, 0.717) is 6.42 Å². The Morgan fingerprint density at radius 1 is 1.00 bits per heavy atom. The third kappa shape index (κ3) is 3.19. The van der Waals surface area contributed by atoms with Crippen LogP contribution < -0.4 is 4.74 Å². The third-order valence-electron chi connectivity index (χ3n) is 3.66. The summed E-state index contributed by atoms with van der Waals surface area (Å²) in [5.74, 6) is 1.06. The van der Waals surface area contributed by atoms with Crippen molar-refractivity contribution in [1.29, 1.82) is 0 Å². The van der Waals surface area contributed by atoms with E-state index in [1.165, 1.54) is 12.8 Å². The fourth-order valence-corrected chi connectivity index (χ4v) is 2.54. The molecular formula is C18H22O2. The molecule has 20 heavy (non-hydrogen) atoms. The van der Waals surface area contributed by atoms with Crippen molar-refractivity contribution in [2.24, 2.45) is 0 Å². The summed E-state index contributed by atoms with van der Waals surface area (Å²) in [7, 11) is 1.66. The van der Waals surface area contributed by atoms with Crippen molar-refractivity contribution in [3.63, 3.8) is 0 Å². The Kier molecular flexibility index (Phi) is 5.16. The van der Waals surface area contributed by atoms with Crippen LogP contribution in [0.25, 0.3) is 10.8 Å². The molecule has 2 aromatic carbocycles. The largest absolute Gasteiger partial charge is 0.496 e. The molecule has 2 rings (SSSR count). The molecule has 2 nitrogen and oxygen atoms in total. The van der Waals surface area contributed by atoms with Crippen LogP contribution in [0.1, 0.15) is 49.4 Å². The second-order valence-corrected chi connectivity index (χ2v) is 5.09. The highest BCUT2D eigenvalue weighted by Gasteiger charge is 2.12. The van der Waals surface area contributed by atoms with E-state index in [2.05, 4.69) is 6.92 Å². The van der Waals surface area contributed by atoms with Crippen LogP contribution in [0.4, 0.5) is 0 Å². The molecule has 0 heterocycles.